The molecule has 0 aliphatic heterocycles. The van der Waals surface area contributed by atoms with Crippen LogP contribution in [0, 0.1) is 11.3 Å². The number of benzene rings is 1. The zero-order valence-electron chi connectivity index (χ0n) is 8.97. The zero-order valence-corrected chi connectivity index (χ0v) is 8.97. The van der Waals surface area contributed by atoms with Gasteiger partial charge in [0.05, 0.1) is 24.3 Å². The molecule has 0 bridgehead atoms. The second-order valence-electron chi connectivity index (χ2n) is 3.63. The summed E-state index contributed by atoms with van der Waals surface area (Å²) in [5, 5.41) is 18.3. The molecule has 3 heteroatoms. The molecule has 0 aromatic heterocycles. The summed E-state index contributed by atoms with van der Waals surface area (Å²) in [5.41, 5.74) is 1.37. The Bertz CT molecular complexity index is 338. The van der Waals surface area contributed by atoms with Crippen LogP contribution in [0.25, 0.3) is 0 Å². The standard InChI is InChI=1S/C12H15NO2/c1-9(2)15-8-12(14)11-5-3-10(7-13)4-6-11/h3-6,9,12,14H,8H2,1-2H3. The van der Waals surface area contributed by atoms with Crippen LogP contribution in [-0.4, -0.2) is 17.8 Å². The fourth-order valence-corrected chi connectivity index (χ4v) is 1.16. The number of hydrogen-bond donors (Lipinski definition) is 1. The molecule has 0 spiro atoms. The quantitative estimate of drug-likeness (QED) is 0.818. The molecule has 0 saturated carbocycles. The minimum Gasteiger partial charge on any atom is -0.386 e. The highest BCUT2D eigenvalue weighted by Crippen LogP contribution is 2.14. The monoisotopic (exact) mass is 205 g/mol. The van der Waals surface area contributed by atoms with Crippen LogP contribution in [0.2, 0.25) is 0 Å². The Morgan fingerprint density at radius 2 is 1.93 bits per heavy atom. The van der Waals surface area contributed by atoms with Gasteiger partial charge in [-0.1, -0.05) is 12.1 Å². The summed E-state index contributed by atoms with van der Waals surface area (Å²) < 4.78 is 5.30. The lowest BCUT2D eigenvalue weighted by Gasteiger charge is -2.13. The maximum absolute atomic E-state index is 9.73. The summed E-state index contributed by atoms with van der Waals surface area (Å²) in [6, 6.07) is 8.89. The predicted octanol–water partition coefficient (Wildman–Crippen LogP) is 2.02. The van der Waals surface area contributed by atoms with Crippen molar-refractivity contribution in [1.29, 1.82) is 5.26 Å². The van der Waals surface area contributed by atoms with Gasteiger partial charge >= 0.3 is 0 Å². The molecule has 1 unspecified atom stereocenters. The Kier molecular flexibility index (Phi) is 4.29. The smallest absolute Gasteiger partial charge is 0.102 e. The molecule has 1 N–H and O–H groups in total. The fourth-order valence-electron chi connectivity index (χ4n) is 1.16. The van der Waals surface area contributed by atoms with Crippen molar-refractivity contribution >= 4 is 0 Å². The Balaban J connectivity index is 2.58. The van der Waals surface area contributed by atoms with Crippen LogP contribution < -0.4 is 0 Å². The molecule has 0 radical (unpaired) electrons. The van der Waals surface area contributed by atoms with Gasteiger partial charge in [-0.2, -0.15) is 5.26 Å². The first-order valence-electron chi connectivity index (χ1n) is 4.93. The lowest BCUT2D eigenvalue weighted by molar-refractivity contribution is 0.00493. The lowest BCUT2D eigenvalue weighted by atomic mass is 10.1. The van der Waals surface area contributed by atoms with Crippen molar-refractivity contribution in [1.82, 2.24) is 0 Å². The topological polar surface area (TPSA) is 53.2 Å². The first kappa shape index (κ1) is 11.7. The maximum atomic E-state index is 9.73. The summed E-state index contributed by atoms with van der Waals surface area (Å²) in [6.45, 7) is 4.13. The minimum atomic E-state index is -0.625. The minimum absolute atomic E-state index is 0.109. The maximum Gasteiger partial charge on any atom is 0.102 e. The molecule has 0 amide bonds. The molecule has 1 aromatic rings. The van der Waals surface area contributed by atoms with Crippen molar-refractivity contribution in [3.63, 3.8) is 0 Å². The van der Waals surface area contributed by atoms with E-state index in [9.17, 15) is 5.11 Å². The van der Waals surface area contributed by atoms with E-state index in [0.717, 1.165) is 5.56 Å². The van der Waals surface area contributed by atoms with Gasteiger partial charge in [0.15, 0.2) is 0 Å². The number of hydrogen-bond acceptors (Lipinski definition) is 3. The van der Waals surface area contributed by atoms with Crippen molar-refractivity contribution in [2.45, 2.75) is 26.1 Å². The summed E-state index contributed by atoms with van der Waals surface area (Å²) in [5.74, 6) is 0. The van der Waals surface area contributed by atoms with Crippen LogP contribution in [0.1, 0.15) is 31.1 Å². The van der Waals surface area contributed by atoms with Gasteiger partial charge in [0.25, 0.3) is 0 Å². The second-order valence-corrected chi connectivity index (χ2v) is 3.63. The lowest BCUT2D eigenvalue weighted by Crippen LogP contribution is -2.11. The summed E-state index contributed by atoms with van der Waals surface area (Å²) in [7, 11) is 0. The molecule has 0 aliphatic rings. The Morgan fingerprint density at radius 1 is 1.33 bits per heavy atom. The molecule has 15 heavy (non-hydrogen) atoms. The van der Waals surface area contributed by atoms with E-state index in [1.807, 2.05) is 19.9 Å². The van der Waals surface area contributed by atoms with Crippen molar-refractivity contribution < 1.29 is 9.84 Å². The van der Waals surface area contributed by atoms with Gasteiger partial charge in [0.2, 0.25) is 0 Å². The summed E-state index contributed by atoms with van der Waals surface area (Å²) in [6.07, 6.45) is -0.516. The molecular weight excluding hydrogens is 190 g/mol. The van der Waals surface area contributed by atoms with Gasteiger partial charge in [-0.3, -0.25) is 0 Å². The number of aliphatic hydroxyl groups is 1. The summed E-state index contributed by atoms with van der Waals surface area (Å²) in [4.78, 5) is 0. The van der Waals surface area contributed by atoms with Gasteiger partial charge < -0.3 is 9.84 Å². The van der Waals surface area contributed by atoms with Gasteiger partial charge in [0.1, 0.15) is 6.10 Å². The molecular formula is C12H15NO2. The SMILES string of the molecule is CC(C)OCC(O)c1ccc(C#N)cc1. The normalized spacial score (nSPS) is 12.5. The molecule has 0 saturated heterocycles. The van der Waals surface area contributed by atoms with Crippen LogP contribution in [0.5, 0.6) is 0 Å². The van der Waals surface area contributed by atoms with Gasteiger partial charge in [0, 0.05) is 0 Å². The largest absolute Gasteiger partial charge is 0.386 e. The number of rotatable bonds is 4. The third kappa shape index (κ3) is 3.70. The van der Waals surface area contributed by atoms with E-state index in [2.05, 4.69) is 0 Å². The van der Waals surface area contributed by atoms with Crippen LogP contribution >= 0.6 is 0 Å². The molecule has 1 atom stereocenters. The molecule has 3 nitrogen and oxygen atoms in total. The van der Waals surface area contributed by atoms with E-state index >= 15 is 0 Å². The average Bonchev–Trinajstić information content (AvgIpc) is 2.26. The first-order valence-corrected chi connectivity index (χ1v) is 4.93. The number of aliphatic hydroxyl groups excluding tert-OH is 1. The zero-order chi connectivity index (χ0) is 11.3. The van der Waals surface area contributed by atoms with Crippen LogP contribution in [0.4, 0.5) is 0 Å². The molecule has 80 valence electrons. The second kappa shape index (κ2) is 5.50. The van der Waals surface area contributed by atoms with E-state index in [1.54, 1.807) is 24.3 Å². The average molecular weight is 205 g/mol. The Morgan fingerprint density at radius 3 is 2.40 bits per heavy atom. The van der Waals surface area contributed by atoms with Crippen molar-refractivity contribution in [3.05, 3.63) is 35.4 Å². The van der Waals surface area contributed by atoms with E-state index in [-0.39, 0.29) is 12.7 Å². The van der Waals surface area contributed by atoms with E-state index < -0.39 is 6.10 Å². The highest BCUT2D eigenvalue weighted by Gasteiger charge is 2.08. The fraction of sp³-hybridized carbons (Fsp3) is 0.417. The van der Waals surface area contributed by atoms with Gasteiger partial charge in [-0.05, 0) is 31.5 Å². The highest BCUT2D eigenvalue weighted by molar-refractivity contribution is 5.32. The first-order chi connectivity index (χ1) is 7.13. The highest BCUT2D eigenvalue weighted by atomic mass is 16.5. The Labute approximate surface area is 89.9 Å². The van der Waals surface area contributed by atoms with Crippen molar-refractivity contribution in [2.75, 3.05) is 6.61 Å². The van der Waals surface area contributed by atoms with Gasteiger partial charge in [-0.15, -0.1) is 0 Å². The third-order valence-electron chi connectivity index (χ3n) is 2.01. The van der Waals surface area contributed by atoms with Crippen molar-refractivity contribution in [3.8, 4) is 6.07 Å². The number of ether oxygens (including phenoxy) is 1. The molecule has 0 aliphatic carbocycles. The number of nitriles is 1. The van der Waals surface area contributed by atoms with E-state index in [1.165, 1.54) is 0 Å². The molecule has 1 aromatic carbocycles. The predicted molar refractivity (Wildman–Crippen MR) is 57.2 cm³/mol. The van der Waals surface area contributed by atoms with Crippen LogP contribution in [0.3, 0.4) is 0 Å². The Hall–Kier alpha value is -1.37. The summed E-state index contributed by atoms with van der Waals surface area (Å²) >= 11 is 0. The molecule has 0 fully saturated rings. The van der Waals surface area contributed by atoms with Crippen LogP contribution in [-0.2, 0) is 4.74 Å². The van der Waals surface area contributed by atoms with Gasteiger partial charge in [-0.25, -0.2) is 0 Å². The molecule has 1 rings (SSSR count). The van der Waals surface area contributed by atoms with Crippen LogP contribution in [0.15, 0.2) is 24.3 Å². The van der Waals surface area contributed by atoms with Crippen molar-refractivity contribution in [2.24, 2.45) is 0 Å². The van der Waals surface area contributed by atoms with E-state index in [0.29, 0.717) is 5.56 Å². The molecule has 0 heterocycles. The number of nitrogens with zero attached hydrogens (tertiary/aromatic N) is 1. The third-order valence-corrected chi connectivity index (χ3v) is 2.01. The van der Waals surface area contributed by atoms with E-state index in [4.69, 9.17) is 10.00 Å².